The van der Waals surface area contributed by atoms with Gasteiger partial charge in [-0.1, -0.05) is 36.9 Å². The molecule has 1 aromatic carbocycles. The Morgan fingerprint density at radius 1 is 1.20 bits per heavy atom. The predicted molar refractivity (Wildman–Crippen MR) is 98.5 cm³/mol. The normalized spacial score (nSPS) is 15.5. The van der Waals surface area contributed by atoms with Gasteiger partial charge in [-0.15, -0.1) is 10.2 Å². The zero-order chi connectivity index (χ0) is 17.6. The third kappa shape index (κ3) is 4.61. The molecule has 134 valence electrons. The summed E-state index contributed by atoms with van der Waals surface area (Å²) in [6.07, 6.45) is 1.16. The van der Waals surface area contributed by atoms with Crippen LogP contribution in [0, 0.1) is 6.92 Å². The molecule has 0 unspecified atom stereocenters. The number of carbonyl (C=O) groups is 1. The highest BCUT2D eigenvalue weighted by Gasteiger charge is 2.21. The smallest absolute Gasteiger partial charge is 0.277 e. The van der Waals surface area contributed by atoms with E-state index in [1.54, 1.807) is 0 Å². The number of thioether (sulfide) groups is 1. The summed E-state index contributed by atoms with van der Waals surface area (Å²) in [6.45, 7) is 8.83. The monoisotopic (exact) mass is 360 g/mol. The first-order chi connectivity index (χ1) is 12.2. The van der Waals surface area contributed by atoms with Crippen molar-refractivity contribution in [2.75, 3.05) is 38.5 Å². The van der Waals surface area contributed by atoms with Crippen LogP contribution in [0.5, 0.6) is 0 Å². The van der Waals surface area contributed by atoms with Crippen LogP contribution in [-0.2, 0) is 4.79 Å². The molecule has 1 aliphatic rings. The van der Waals surface area contributed by atoms with Crippen molar-refractivity contribution in [3.05, 3.63) is 29.8 Å². The van der Waals surface area contributed by atoms with Crippen LogP contribution >= 0.6 is 11.8 Å². The van der Waals surface area contributed by atoms with Crippen LogP contribution in [0.1, 0.15) is 18.9 Å². The first kappa shape index (κ1) is 17.9. The van der Waals surface area contributed by atoms with Crippen molar-refractivity contribution in [2.45, 2.75) is 25.5 Å². The number of rotatable bonds is 6. The number of piperazine rings is 1. The molecule has 0 N–H and O–H groups in total. The lowest BCUT2D eigenvalue weighted by molar-refractivity contribution is -0.130. The Balaban J connectivity index is 1.51. The molecule has 1 aliphatic heterocycles. The fourth-order valence-corrected chi connectivity index (χ4v) is 3.61. The maximum Gasteiger partial charge on any atom is 0.277 e. The summed E-state index contributed by atoms with van der Waals surface area (Å²) in [4.78, 5) is 16.7. The molecule has 25 heavy (non-hydrogen) atoms. The molecule has 1 saturated heterocycles. The second-order valence-corrected chi connectivity index (χ2v) is 7.13. The van der Waals surface area contributed by atoms with Gasteiger partial charge in [0.15, 0.2) is 0 Å². The topological polar surface area (TPSA) is 62.5 Å². The van der Waals surface area contributed by atoms with E-state index in [1.165, 1.54) is 11.8 Å². The minimum Gasteiger partial charge on any atom is -0.411 e. The number of amides is 1. The average Bonchev–Trinajstić information content (AvgIpc) is 3.10. The maximum atomic E-state index is 12.4. The van der Waals surface area contributed by atoms with E-state index in [-0.39, 0.29) is 5.91 Å². The van der Waals surface area contributed by atoms with E-state index in [9.17, 15) is 4.79 Å². The summed E-state index contributed by atoms with van der Waals surface area (Å²) in [5.41, 5.74) is 2.02. The van der Waals surface area contributed by atoms with Crippen molar-refractivity contribution >= 4 is 17.7 Å². The van der Waals surface area contributed by atoms with Crippen molar-refractivity contribution in [3.63, 3.8) is 0 Å². The van der Waals surface area contributed by atoms with Crippen LogP contribution < -0.4 is 0 Å². The first-order valence-corrected chi connectivity index (χ1v) is 9.68. The van der Waals surface area contributed by atoms with Crippen molar-refractivity contribution in [2.24, 2.45) is 0 Å². The van der Waals surface area contributed by atoms with Gasteiger partial charge < -0.3 is 9.32 Å². The Kier molecular flexibility index (Phi) is 6.09. The fraction of sp³-hybridized carbons (Fsp3) is 0.500. The number of nitrogens with zero attached hydrogens (tertiary/aromatic N) is 4. The van der Waals surface area contributed by atoms with E-state index in [4.69, 9.17) is 4.42 Å². The van der Waals surface area contributed by atoms with Gasteiger partial charge in [-0.05, 0) is 31.5 Å². The summed E-state index contributed by atoms with van der Waals surface area (Å²) < 4.78 is 5.70. The third-order valence-electron chi connectivity index (χ3n) is 4.37. The molecule has 1 fully saturated rings. The lowest BCUT2D eigenvalue weighted by atomic mass is 10.1. The molecule has 0 spiro atoms. The fourth-order valence-electron chi connectivity index (χ4n) is 2.94. The first-order valence-electron chi connectivity index (χ1n) is 8.70. The van der Waals surface area contributed by atoms with E-state index < -0.39 is 0 Å². The molecule has 6 nitrogen and oxygen atoms in total. The van der Waals surface area contributed by atoms with Crippen LogP contribution in [0.3, 0.4) is 0 Å². The molecule has 2 heterocycles. The lowest BCUT2D eigenvalue weighted by Crippen LogP contribution is -2.49. The van der Waals surface area contributed by atoms with Crippen molar-refractivity contribution in [1.82, 2.24) is 20.0 Å². The Hall–Kier alpha value is -1.86. The summed E-state index contributed by atoms with van der Waals surface area (Å²) >= 11 is 1.31. The standard InChI is InChI=1S/C18H24N4O2S/c1-3-8-21-9-11-22(12-10-21)16(23)13-25-18-20-19-17(24-18)15-7-5-4-6-14(15)2/h4-7H,3,8-13H2,1-2H3. The van der Waals surface area contributed by atoms with Crippen molar-refractivity contribution < 1.29 is 9.21 Å². The van der Waals surface area contributed by atoms with Gasteiger partial charge in [-0.3, -0.25) is 9.69 Å². The molecular weight excluding hydrogens is 336 g/mol. The minimum atomic E-state index is 0.136. The van der Waals surface area contributed by atoms with Gasteiger partial charge in [0.05, 0.1) is 5.75 Å². The van der Waals surface area contributed by atoms with Gasteiger partial charge >= 0.3 is 0 Å². The van der Waals surface area contributed by atoms with Crippen molar-refractivity contribution in [1.29, 1.82) is 0 Å². The zero-order valence-electron chi connectivity index (χ0n) is 14.8. The quantitative estimate of drug-likeness (QED) is 0.738. The van der Waals surface area contributed by atoms with Gasteiger partial charge in [0.2, 0.25) is 11.8 Å². The van der Waals surface area contributed by atoms with E-state index in [2.05, 4.69) is 22.0 Å². The molecule has 7 heteroatoms. The van der Waals surface area contributed by atoms with E-state index in [0.29, 0.717) is 16.9 Å². The Bertz CT molecular complexity index is 711. The lowest BCUT2D eigenvalue weighted by Gasteiger charge is -2.34. The number of aromatic nitrogens is 2. The molecule has 0 radical (unpaired) electrons. The maximum absolute atomic E-state index is 12.4. The predicted octanol–water partition coefficient (Wildman–Crippen LogP) is 2.69. The Morgan fingerprint density at radius 2 is 1.96 bits per heavy atom. The second-order valence-electron chi connectivity index (χ2n) is 6.20. The zero-order valence-corrected chi connectivity index (χ0v) is 15.6. The summed E-state index contributed by atoms with van der Waals surface area (Å²) in [6, 6.07) is 7.89. The molecule has 2 aromatic rings. The van der Waals surface area contributed by atoms with Gasteiger partial charge in [0, 0.05) is 31.7 Å². The van der Waals surface area contributed by atoms with E-state index in [1.807, 2.05) is 36.1 Å². The van der Waals surface area contributed by atoms with Gasteiger partial charge in [0.1, 0.15) is 0 Å². The Labute approximate surface area is 152 Å². The van der Waals surface area contributed by atoms with Crippen LogP contribution in [0.25, 0.3) is 11.5 Å². The number of aryl methyl sites for hydroxylation is 1. The minimum absolute atomic E-state index is 0.136. The highest BCUT2D eigenvalue weighted by atomic mass is 32.2. The number of benzene rings is 1. The number of hydrogen-bond donors (Lipinski definition) is 0. The van der Waals surface area contributed by atoms with E-state index >= 15 is 0 Å². The van der Waals surface area contributed by atoms with Crippen LogP contribution in [0.2, 0.25) is 0 Å². The molecule has 0 aliphatic carbocycles. The summed E-state index contributed by atoms with van der Waals surface area (Å²) in [7, 11) is 0. The van der Waals surface area contributed by atoms with Gasteiger partial charge in [0.25, 0.3) is 5.22 Å². The highest BCUT2D eigenvalue weighted by Crippen LogP contribution is 2.25. The molecule has 1 aromatic heterocycles. The van der Waals surface area contributed by atoms with Gasteiger partial charge in [-0.25, -0.2) is 0 Å². The average molecular weight is 360 g/mol. The summed E-state index contributed by atoms with van der Waals surface area (Å²) in [5, 5.41) is 8.59. The number of hydrogen-bond acceptors (Lipinski definition) is 6. The molecule has 0 atom stereocenters. The molecular formula is C18H24N4O2S. The summed E-state index contributed by atoms with van der Waals surface area (Å²) in [5.74, 6) is 0.974. The van der Waals surface area contributed by atoms with E-state index in [0.717, 1.165) is 50.3 Å². The molecule has 0 bridgehead atoms. The van der Waals surface area contributed by atoms with Crippen LogP contribution in [0.15, 0.2) is 33.9 Å². The van der Waals surface area contributed by atoms with Crippen molar-refractivity contribution in [3.8, 4) is 11.5 Å². The SMILES string of the molecule is CCCN1CCN(C(=O)CSc2nnc(-c3ccccc3C)o2)CC1. The second kappa shape index (κ2) is 8.49. The number of carbonyl (C=O) groups excluding carboxylic acids is 1. The molecule has 3 rings (SSSR count). The van der Waals surface area contributed by atoms with Gasteiger partial charge in [-0.2, -0.15) is 0 Å². The highest BCUT2D eigenvalue weighted by molar-refractivity contribution is 7.99. The Morgan fingerprint density at radius 3 is 2.68 bits per heavy atom. The van der Waals surface area contributed by atoms with Crippen LogP contribution in [0.4, 0.5) is 0 Å². The largest absolute Gasteiger partial charge is 0.411 e. The molecule has 0 saturated carbocycles. The third-order valence-corrected chi connectivity index (χ3v) is 5.17. The molecule has 1 amide bonds. The van der Waals surface area contributed by atoms with Crippen LogP contribution in [-0.4, -0.2) is 64.4 Å².